The summed E-state index contributed by atoms with van der Waals surface area (Å²) in [6.07, 6.45) is 5.17. The number of carbonyl (C=O) groups is 1. The lowest BCUT2D eigenvalue weighted by Gasteiger charge is -2.37. The summed E-state index contributed by atoms with van der Waals surface area (Å²) in [5, 5.41) is 10.0. The largest absolute Gasteiger partial charge is 0.389 e. The van der Waals surface area contributed by atoms with Crippen molar-refractivity contribution in [1.29, 1.82) is 0 Å². The molecule has 4 heteroatoms. The molecular weight excluding hydrogens is 228 g/mol. The number of aliphatic hydroxyl groups is 1. The van der Waals surface area contributed by atoms with Crippen molar-refractivity contribution in [3.8, 4) is 0 Å². The number of likely N-dealkylation sites (tertiary alicyclic amines) is 1. The zero-order valence-corrected chi connectivity index (χ0v) is 11.3. The third kappa shape index (κ3) is 4.63. The third-order valence-corrected chi connectivity index (χ3v) is 3.16. The summed E-state index contributed by atoms with van der Waals surface area (Å²) in [4.78, 5) is 15.8. The van der Waals surface area contributed by atoms with Crippen LogP contribution in [0.5, 0.6) is 0 Å². The van der Waals surface area contributed by atoms with Gasteiger partial charge in [0.15, 0.2) is 0 Å². The molecule has 0 spiro atoms. The molecule has 1 saturated heterocycles. The van der Waals surface area contributed by atoms with Crippen molar-refractivity contribution in [2.24, 2.45) is 0 Å². The summed E-state index contributed by atoms with van der Waals surface area (Å²) in [6, 6.07) is 0. The summed E-state index contributed by atoms with van der Waals surface area (Å²) in [5.74, 6) is 0.0625. The zero-order valence-electron chi connectivity index (χ0n) is 11.3. The molecule has 1 unspecified atom stereocenters. The minimum Gasteiger partial charge on any atom is -0.389 e. The maximum Gasteiger partial charge on any atom is 0.237 e. The van der Waals surface area contributed by atoms with Gasteiger partial charge in [-0.1, -0.05) is 12.2 Å². The molecule has 1 rings (SSSR count). The minimum atomic E-state index is -0.666. The van der Waals surface area contributed by atoms with E-state index in [1.807, 2.05) is 11.8 Å². The SMILES string of the molecule is C=CCN(CC=C)C(=O)CN1CCCC(C)(O)C1. The Bertz CT molecular complexity index is 303. The average molecular weight is 252 g/mol. The predicted octanol–water partition coefficient (Wildman–Crippen LogP) is 1.03. The maximum absolute atomic E-state index is 12.1. The second kappa shape index (κ2) is 6.71. The van der Waals surface area contributed by atoms with E-state index >= 15 is 0 Å². The standard InChI is InChI=1S/C14H24N2O2/c1-4-8-16(9-5-2)13(17)11-15-10-6-7-14(3,18)12-15/h4-5,18H,1-2,6-12H2,3H3. The van der Waals surface area contributed by atoms with Crippen LogP contribution in [-0.2, 0) is 4.79 Å². The van der Waals surface area contributed by atoms with Gasteiger partial charge in [0.05, 0.1) is 12.1 Å². The maximum atomic E-state index is 12.1. The second-order valence-electron chi connectivity index (χ2n) is 5.19. The van der Waals surface area contributed by atoms with E-state index in [1.54, 1.807) is 17.1 Å². The highest BCUT2D eigenvalue weighted by Crippen LogP contribution is 2.19. The fourth-order valence-electron chi connectivity index (χ4n) is 2.34. The van der Waals surface area contributed by atoms with Gasteiger partial charge >= 0.3 is 0 Å². The van der Waals surface area contributed by atoms with Crippen molar-refractivity contribution in [3.05, 3.63) is 25.3 Å². The number of β-amino-alcohol motifs (C(OH)–C–C–N with tert-alkyl or cyclic N) is 1. The van der Waals surface area contributed by atoms with E-state index in [-0.39, 0.29) is 5.91 Å². The molecular formula is C14H24N2O2. The third-order valence-electron chi connectivity index (χ3n) is 3.16. The van der Waals surface area contributed by atoms with Gasteiger partial charge in [-0.15, -0.1) is 13.2 Å². The van der Waals surface area contributed by atoms with E-state index in [9.17, 15) is 9.90 Å². The fourth-order valence-corrected chi connectivity index (χ4v) is 2.34. The predicted molar refractivity (Wildman–Crippen MR) is 73.3 cm³/mol. The van der Waals surface area contributed by atoms with E-state index in [0.29, 0.717) is 26.2 Å². The molecule has 102 valence electrons. The molecule has 1 aliphatic heterocycles. The lowest BCUT2D eigenvalue weighted by Crippen LogP contribution is -2.50. The molecule has 0 aromatic heterocycles. The van der Waals surface area contributed by atoms with E-state index in [4.69, 9.17) is 0 Å². The van der Waals surface area contributed by atoms with Gasteiger partial charge in [-0.25, -0.2) is 0 Å². The number of hydrogen-bond donors (Lipinski definition) is 1. The van der Waals surface area contributed by atoms with Gasteiger partial charge in [0.25, 0.3) is 0 Å². The molecule has 0 radical (unpaired) electrons. The van der Waals surface area contributed by atoms with Crippen LogP contribution in [0.15, 0.2) is 25.3 Å². The van der Waals surface area contributed by atoms with Crippen LogP contribution in [0.1, 0.15) is 19.8 Å². The Morgan fingerprint density at radius 1 is 1.44 bits per heavy atom. The number of hydrogen-bond acceptors (Lipinski definition) is 3. The quantitative estimate of drug-likeness (QED) is 0.718. The van der Waals surface area contributed by atoms with Crippen LogP contribution in [0.25, 0.3) is 0 Å². The molecule has 0 aliphatic carbocycles. The van der Waals surface area contributed by atoms with Crippen LogP contribution in [0.2, 0.25) is 0 Å². The highest BCUT2D eigenvalue weighted by molar-refractivity contribution is 5.78. The Morgan fingerprint density at radius 2 is 2.06 bits per heavy atom. The minimum absolute atomic E-state index is 0.0625. The van der Waals surface area contributed by atoms with E-state index in [1.165, 1.54) is 0 Å². The first-order chi connectivity index (χ1) is 8.48. The summed E-state index contributed by atoms with van der Waals surface area (Å²) < 4.78 is 0. The second-order valence-corrected chi connectivity index (χ2v) is 5.19. The lowest BCUT2D eigenvalue weighted by atomic mass is 9.95. The number of amides is 1. The first kappa shape index (κ1) is 14.9. The Labute approximate surface area is 110 Å². The van der Waals surface area contributed by atoms with Crippen LogP contribution in [-0.4, -0.2) is 59.1 Å². The number of carbonyl (C=O) groups excluding carboxylic acids is 1. The van der Waals surface area contributed by atoms with Crippen molar-refractivity contribution in [1.82, 2.24) is 9.80 Å². The normalized spacial score (nSPS) is 24.6. The molecule has 0 saturated carbocycles. The molecule has 1 aliphatic rings. The first-order valence-corrected chi connectivity index (χ1v) is 6.43. The van der Waals surface area contributed by atoms with Gasteiger partial charge in [0.2, 0.25) is 5.91 Å². The molecule has 0 aromatic rings. The van der Waals surface area contributed by atoms with Crippen molar-refractivity contribution in [3.63, 3.8) is 0 Å². The number of piperidine rings is 1. The van der Waals surface area contributed by atoms with Crippen molar-refractivity contribution < 1.29 is 9.90 Å². The van der Waals surface area contributed by atoms with E-state index in [2.05, 4.69) is 13.2 Å². The van der Waals surface area contributed by atoms with Gasteiger partial charge in [0.1, 0.15) is 0 Å². The van der Waals surface area contributed by atoms with Gasteiger partial charge < -0.3 is 10.0 Å². The number of rotatable bonds is 6. The Hall–Kier alpha value is -1.13. The molecule has 1 N–H and O–H groups in total. The van der Waals surface area contributed by atoms with Crippen LogP contribution < -0.4 is 0 Å². The average Bonchev–Trinajstić information content (AvgIpc) is 2.27. The molecule has 1 fully saturated rings. The van der Waals surface area contributed by atoms with E-state index in [0.717, 1.165) is 19.4 Å². The van der Waals surface area contributed by atoms with Crippen molar-refractivity contribution in [2.75, 3.05) is 32.7 Å². The summed E-state index contributed by atoms with van der Waals surface area (Å²) in [7, 11) is 0. The van der Waals surface area contributed by atoms with Crippen molar-refractivity contribution in [2.45, 2.75) is 25.4 Å². The smallest absolute Gasteiger partial charge is 0.237 e. The highest BCUT2D eigenvalue weighted by Gasteiger charge is 2.29. The molecule has 1 atom stereocenters. The topological polar surface area (TPSA) is 43.8 Å². The van der Waals surface area contributed by atoms with Gasteiger partial charge in [0, 0.05) is 19.6 Å². The first-order valence-electron chi connectivity index (χ1n) is 6.43. The summed E-state index contributed by atoms with van der Waals surface area (Å²) in [6.45, 7) is 12.0. The van der Waals surface area contributed by atoms with Crippen LogP contribution in [0.3, 0.4) is 0 Å². The van der Waals surface area contributed by atoms with Gasteiger partial charge in [-0.3, -0.25) is 9.69 Å². The van der Waals surface area contributed by atoms with Gasteiger partial charge in [-0.2, -0.15) is 0 Å². The van der Waals surface area contributed by atoms with Gasteiger partial charge in [-0.05, 0) is 26.3 Å². The Balaban J connectivity index is 2.51. The lowest BCUT2D eigenvalue weighted by molar-refractivity contribution is -0.132. The van der Waals surface area contributed by atoms with Crippen LogP contribution >= 0.6 is 0 Å². The molecule has 4 nitrogen and oxygen atoms in total. The Morgan fingerprint density at radius 3 is 2.56 bits per heavy atom. The molecule has 0 bridgehead atoms. The molecule has 18 heavy (non-hydrogen) atoms. The number of nitrogens with zero attached hydrogens (tertiary/aromatic N) is 2. The van der Waals surface area contributed by atoms with E-state index < -0.39 is 5.60 Å². The summed E-state index contributed by atoms with van der Waals surface area (Å²) in [5.41, 5.74) is -0.666. The zero-order chi connectivity index (χ0) is 13.6. The van der Waals surface area contributed by atoms with Crippen LogP contribution in [0.4, 0.5) is 0 Å². The fraction of sp³-hybridized carbons (Fsp3) is 0.643. The molecule has 1 heterocycles. The monoisotopic (exact) mass is 252 g/mol. The Kier molecular flexibility index (Phi) is 5.56. The van der Waals surface area contributed by atoms with Crippen molar-refractivity contribution >= 4 is 5.91 Å². The highest BCUT2D eigenvalue weighted by atomic mass is 16.3. The summed E-state index contributed by atoms with van der Waals surface area (Å²) >= 11 is 0. The molecule has 0 aromatic carbocycles. The molecule has 1 amide bonds. The van der Waals surface area contributed by atoms with Crippen LogP contribution in [0, 0.1) is 0 Å².